The lowest BCUT2D eigenvalue weighted by molar-refractivity contribution is 1.20. The minimum atomic E-state index is 0.824. The quantitative estimate of drug-likeness (QED) is 0.751. The Kier molecular flexibility index (Phi) is 3.00. The SMILES string of the molecule is Cc1c(C=CI)nc2ncccc2c1C. The summed E-state index contributed by atoms with van der Waals surface area (Å²) in [5, 5.41) is 1.14. The van der Waals surface area contributed by atoms with Gasteiger partial charge in [-0.25, -0.2) is 9.97 Å². The van der Waals surface area contributed by atoms with E-state index in [2.05, 4.69) is 52.5 Å². The third-order valence-corrected chi connectivity index (χ3v) is 2.94. The molecule has 0 saturated carbocycles. The largest absolute Gasteiger partial charge is 0.237 e. The van der Waals surface area contributed by atoms with Crippen molar-refractivity contribution in [2.75, 3.05) is 0 Å². The predicted molar refractivity (Wildman–Crippen MR) is 72.1 cm³/mol. The number of nitrogens with zero attached hydrogens (tertiary/aromatic N) is 2. The zero-order chi connectivity index (χ0) is 10.8. The summed E-state index contributed by atoms with van der Waals surface area (Å²) < 4.78 is 1.97. The molecule has 2 aromatic heterocycles. The Labute approximate surface area is 103 Å². The summed E-state index contributed by atoms with van der Waals surface area (Å²) in [5.41, 5.74) is 4.32. The van der Waals surface area contributed by atoms with Crippen molar-refractivity contribution in [2.24, 2.45) is 0 Å². The normalized spacial score (nSPS) is 11.4. The fourth-order valence-electron chi connectivity index (χ4n) is 1.59. The number of aryl methyl sites for hydroxylation is 1. The Morgan fingerprint density at radius 2 is 2.07 bits per heavy atom. The van der Waals surface area contributed by atoms with E-state index in [1.54, 1.807) is 6.20 Å². The molecule has 15 heavy (non-hydrogen) atoms. The van der Waals surface area contributed by atoms with Gasteiger partial charge >= 0.3 is 0 Å². The zero-order valence-corrected chi connectivity index (χ0v) is 10.8. The summed E-state index contributed by atoms with van der Waals surface area (Å²) in [6.07, 6.45) is 3.79. The maximum absolute atomic E-state index is 4.52. The van der Waals surface area contributed by atoms with Crippen LogP contribution in [0.25, 0.3) is 17.1 Å². The van der Waals surface area contributed by atoms with Crippen molar-refractivity contribution in [3.63, 3.8) is 0 Å². The van der Waals surface area contributed by atoms with Crippen molar-refractivity contribution >= 4 is 39.7 Å². The van der Waals surface area contributed by atoms with Gasteiger partial charge in [0.05, 0.1) is 5.69 Å². The Bertz CT molecular complexity index is 532. The lowest BCUT2D eigenvalue weighted by Crippen LogP contribution is -1.95. The predicted octanol–water partition coefficient (Wildman–Crippen LogP) is 3.65. The molecular weight excluding hydrogens is 299 g/mol. The molecule has 0 amide bonds. The number of pyridine rings is 2. The second-order valence-electron chi connectivity index (χ2n) is 3.41. The van der Waals surface area contributed by atoms with Gasteiger partial charge < -0.3 is 0 Å². The molecule has 0 fully saturated rings. The van der Waals surface area contributed by atoms with E-state index in [1.165, 1.54) is 11.1 Å². The van der Waals surface area contributed by atoms with Crippen molar-refractivity contribution in [3.05, 3.63) is 39.2 Å². The van der Waals surface area contributed by atoms with Gasteiger partial charge in [-0.1, -0.05) is 22.6 Å². The van der Waals surface area contributed by atoms with Crippen molar-refractivity contribution in [3.8, 4) is 0 Å². The molecule has 2 rings (SSSR count). The molecule has 2 heterocycles. The lowest BCUT2D eigenvalue weighted by Gasteiger charge is -2.07. The summed E-state index contributed by atoms with van der Waals surface area (Å²) >= 11 is 2.20. The molecule has 0 bridgehead atoms. The third-order valence-electron chi connectivity index (χ3n) is 2.58. The van der Waals surface area contributed by atoms with Gasteiger partial charge in [0.15, 0.2) is 5.65 Å². The standard InChI is InChI=1S/C12H11IN2/c1-8-9(2)11(5-6-13)15-12-10(8)4-3-7-14-12/h3-7H,1-2H3. The van der Waals surface area contributed by atoms with Gasteiger partial charge in [0.1, 0.15) is 0 Å². The molecule has 0 N–H and O–H groups in total. The topological polar surface area (TPSA) is 25.8 Å². The van der Waals surface area contributed by atoms with Crippen LogP contribution in [0.5, 0.6) is 0 Å². The number of hydrogen-bond acceptors (Lipinski definition) is 2. The number of hydrogen-bond donors (Lipinski definition) is 0. The van der Waals surface area contributed by atoms with Crippen LogP contribution in [0, 0.1) is 13.8 Å². The summed E-state index contributed by atoms with van der Waals surface area (Å²) in [6, 6.07) is 4.01. The minimum absolute atomic E-state index is 0.824. The van der Waals surface area contributed by atoms with E-state index in [4.69, 9.17) is 0 Å². The minimum Gasteiger partial charge on any atom is -0.237 e. The first-order valence-electron chi connectivity index (χ1n) is 4.72. The summed E-state index contributed by atoms with van der Waals surface area (Å²) in [6.45, 7) is 4.21. The molecule has 2 nitrogen and oxygen atoms in total. The first kappa shape index (κ1) is 10.5. The van der Waals surface area contributed by atoms with Crippen LogP contribution in [0.1, 0.15) is 16.8 Å². The highest BCUT2D eigenvalue weighted by molar-refractivity contribution is 14.1. The van der Waals surface area contributed by atoms with Gasteiger partial charge in [-0.05, 0) is 47.3 Å². The van der Waals surface area contributed by atoms with E-state index in [0.29, 0.717) is 0 Å². The molecule has 0 aliphatic heterocycles. The maximum atomic E-state index is 4.52. The van der Waals surface area contributed by atoms with Gasteiger partial charge in [0, 0.05) is 11.6 Å². The second-order valence-corrected chi connectivity index (χ2v) is 4.13. The van der Waals surface area contributed by atoms with Gasteiger partial charge in [0.2, 0.25) is 0 Å². The molecule has 0 aromatic carbocycles. The van der Waals surface area contributed by atoms with Gasteiger partial charge in [-0.2, -0.15) is 0 Å². The number of aromatic nitrogens is 2. The molecule has 76 valence electrons. The molecule has 2 aromatic rings. The van der Waals surface area contributed by atoms with Crippen molar-refractivity contribution in [2.45, 2.75) is 13.8 Å². The van der Waals surface area contributed by atoms with Crippen LogP contribution < -0.4 is 0 Å². The fourth-order valence-corrected chi connectivity index (χ4v) is 1.93. The molecule has 0 saturated heterocycles. The van der Waals surface area contributed by atoms with Crippen LogP contribution in [-0.2, 0) is 0 Å². The Morgan fingerprint density at radius 3 is 2.80 bits per heavy atom. The second kappa shape index (κ2) is 4.26. The molecule has 3 heteroatoms. The highest BCUT2D eigenvalue weighted by Gasteiger charge is 2.06. The van der Waals surface area contributed by atoms with Crippen LogP contribution in [-0.4, -0.2) is 9.97 Å². The van der Waals surface area contributed by atoms with Crippen LogP contribution in [0.4, 0.5) is 0 Å². The third kappa shape index (κ3) is 1.88. The number of halogens is 1. The summed E-state index contributed by atoms with van der Waals surface area (Å²) in [4.78, 5) is 8.80. The first-order valence-corrected chi connectivity index (χ1v) is 5.97. The monoisotopic (exact) mass is 310 g/mol. The zero-order valence-electron chi connectivity index (χ0n) is 8.66. The average molecular weight is 310 g/mol. The van der Waals surface area contributed by atoms with Gasteiger partial charge in [0.25, 0.3) is 0 Å². The smallest absolute Gasteiger partial charge is 0.160 e. The number of rotatable bonds is 1. The number of fused-ring (bicyclic) bond motifs is 1. The van der Waals surface area contributed by atoms with Gasteiger partial charge in [-0.3, -0.25) is 0 Å². The van der Waals surface area contributed by atoms with E-state index < -0.39 is 0 Å². The van der Waals surface area contributed by atoms with Crippen molar-refractivity contribution < 1.29 is 0 Å². The van der Waals surface area contributed by atoms with Crippen LogP contribution in [0.3, 0.4) is 0 Å². The van der Waals surface area contributed by atoms with E-state index in [0.717, 1.165) is 16.7 Å². The Balaban J connectivity index is 2.82. The van der Waals surface area contributed by atoms with E-state index in [1.807, 2.05) is 16.2 Å². The molecular formula is C12H11IN2. The van der Waals surface area contributed by atoms with Crippen molar-refractivity contribution in [1.82, 2.24) is 9.97 Å². The highest BCUT2D eigenvalue weighted by atomic mass is 127. The first-order chi connectivity index (χ1) is 7.24. The summed E-state index contributed by atoms with van der Waals surface area (Å²) in [5.74, 6) is 0. The van der Waals surface area contributed by atoms with Crippen LogP contribution in [0.15, 0.2) is 22.4 Å². The van der Waals surface area contributed by atoms with Crippen LogP contribution >= 0.6 is 22.6 Å². The molecule has 0 atom stereocenters. The van der Waals surface area contributed by atoms with E-state index in [9.17, 15) is 0 Å². The Morgan fingerprint density at radius 1 is 1.27 bits per heavy atom. The fraction of sp³-hybridized carbons (Fsp3) is 0.167. The molecule has 0 spiro atoms. The maximum Gasteiger partial charge on any atom is 0.160 e. The van der Waals surface area contributed by atoms with Crippen LogP contribution in [0.2, 0.25) is 0 Å². The molecule has 0 aliphatic rings. The molecule has 0 unspecified atom stereocenters. The summed E-state index contributed by atoms with van der Waals surface area (Å²) in [7, 11) is 0. The average Bonchev–Trinajstić information content (AvgIpc) is 2.26. The molecule has 0 radical (unpaired) electrons. The Hall–Kier alpha value is -0.970. The van der Waals surface area contributed by atoms with Gasteiger partial charge in [-0.15, -0.1) is 0 Å². The van der Waals surface area contributed by atoms with E-state index in [-0.39, 0.29) is 0 Å². The van der Waals surface area contributed by atoms with Crippen molar-refractivity contribution in [1.29, 1.82) is 0 Å². The lowest BCUT2D eigenvalue weighted by atomic mass is 10.1. The highest BCUT2D eigenvalue weighted by Crippen LogP contribution is 2.21. The van der Waals surface area contributed by atoms with E-state index >= 15 is 0 Å². The molecule has 0 aliphatic carbocycles.